The number of amides is 1. The quantitative estimate of drug-likeness (QED) is 0.715. The third kappa shape index (κ3) is 3.83. The number of aromatic nitrogens is 2. The van der Waals surface area contributed by atoms with E-state index in [0.717, 1.165) is 42.2 Å². The number of fused-ring (bicyclic) bond motifs is 1. The third-order valence-corrected chi connectivity index (χ3v) is 6.32. The number of ether oxygens (including phenoxy) is 2. The van der Waals surface area contributed by atoms with Gasteiger partial charge in [-0.05, 0) is 37.8 Å². The lowest BCUT2D eigenvalue weighted by Gasteiger charge is -2.31. The summed E-state index contributed by atoms with van der Waals surface area (Å²) in [6.07, 6.45) is 7.70. The van der Waals surface area contributed by atoms with E-state index < -0.39 is 0 Å². The maximum atomic E-state index is 13.1. The molecule has 3 aliphatic rings. The number of rotatable bonds is 5. The van der Waals surface area contributed by atoms with Gasteiger partial charge in [0.05, 0.1) is 30.2 Å². The first-order valence-electron chi connectivity index (χ1n) is 10.8. The predicted molar refractivity (Wildman–Crippen MR) is 118 cm³/mol. The second kappa shape index (κ2) is 7.85. The van der Waals surface area contributed by atoms with E-state index in [-0.39, 0.29) is 17.1 Å². The maximum Gasteiger partial charge on any atom is 0.261 e. The highest BCUT2D eigenvalue weighted by molar-refractivity contribution is 6.24. The summed E-state index contributed by atoms with van der Waals surface area (Å²) >= 11 is 0. The molecule has 2 aliphatic heterocycles. The number of nitrogens with zero attached hydrogens (tertiary/aromatic N) is 3. The Hall–Kier alpha value is -3.13. The molecule has 2 aromatic rings. The number of nitrogens with two attached hydrogens (primary N) is 1. The molecule has 1 saturated carbocycles. The van der Waals surface area contributed by atoms with Crippen LogP contribution in [0.2, 0.25) is 0 Å². The van der Waals surface area contributed by atoms with Crippen molar-refractivity contribution in [3.8, 4) is 5.75 Å². The molecule has 1 saturated heterocycles. The third-order valence-electron chi connectivity index (χ3n) is 6.32. The van der Waals surface area contributed by atoms with E-state index >= 15 is 0 Å². The zero-order valence-electron chi connectivity index (χ0n) is 17.6. The van der Waals surface area contributed by atoms with Gasteiger partial charge in [-0.25, -0.2) is 9.97 Å². The Morgan fingerprint density at radius 2 is 2.00 bits per heavy atom. The Balaban J connectivity index is 1.47. The van der Waals surface area contributed by atoms with Crippen molar-refractivity contribution in [3.05, 3.63) is 48.2 Å². The van der Waals surface area contributed by atoms with E-state index in [1.54, 1.807) is 18.5 Å². The summed E-state index contributed by atoms with van der Waals surface area (Å²) in [6.45, 7) is 5.00. The van der Waals surface area contributed by atoms with Gasteiger partial charge in [0.2, 0.25) is 0 Å². The highest BCUT2D eigenvalue weighted by Gasteiger charge is 2.47. The molecule has 2 fully saturated rings. The summed E-state index contributed by atoms with van der Waals surface area (Å²) < 4.78 is 11.9. The molecule has 0 spiro atoms. The van der Waals surface area contributed by atoms with Crippen LogP contribution in [0.4, 0.5) is 11.4 Å². The highest BCUT2D eigenvalue weighted by Crippen LogP contribution is 2.50. The van der Waals surface area contributed by atoms with E-state index in [0.29, 0.717) is 25.0 Å². The number of nitrogens with one attached hydrogen (secondary N) is 1. The molecule has 1 aliphatic carbocycles. The van der Waals surface area contributed by atoms with Crippen LogP contribution in [0.5, 0.6) is 5.75 Å². The van der Waals surface area contributed by atoms with Gasteiger partial charge in [-0.2, -0.15) is 0 Å². The van der Waals surface area contributed by atoms with Crippen molar-refractivity contribution in [2.45, 2.75) is 31.8 Å². The van der Waals surface area contributed by atoms with E-state index in [4.69, 9.17) is 15.2 Å². The largest absolute Gasteiger partial charge is 0.487 e. The predicted octanol–water partition coefficient (Wildman–Crippen LogP) is 2.36. The van der Waals surface area contributed by atoms with Crippen LogP contribution in [0.15, 0.2) is 36.8 Å². The minimum Gasteiger partial charge on any atom is -0.487 e. The Morgan fingerprint density at radius 1 is 1.26 bits per heavy atom. The molecule has 31 heavy (non-hydrogen) atoms. The fraction of sp³-hybridized carbons (Fsp3) is 0.435. The number of carbonyl (C=O) groups is 1. The van der Waals surface area contributed by atoms with E-state index in [2.05, 4.69) is 33.2 Å². The molecule has 1 amide bonds. The van der Waals surface area contributed by atoms with Crippen molar-refractivity contribution in [3.63, 3.8) is 0 Å². The maximum absolute atomic E-state index is 13.1. The van der Waals surface area contributed by atoms with E-state index in [9.17, 15) is 4.79 Å². The van der Waals surface area contributed by atoms with Crippen LogP contribution in [0.1, 0.15) is 31.2 Å². The van der Waals surface area contributed by atoms with E-state index in [1.165, 1.54) is 19.0 Å². The number of benzene rings is 1. The van der Waals surface area contributed by atoms with Crippen molar-refractivity contribution in [2.75, 3.05) is 36.5 Å². The van der Waals surface area contributed by atoms with Gasteiger partial charge in [0.1, 0.15) is 11.4 Å². The first-order chi connectivity index (χ1) is 15.1. The van der Waals surface area contributed by atoms with Gasteiger partial charge < -0.3 is 25.4 Å². The lowest BCUT2D eigenvalue weighted by molar-refractivity contribution is -0.111. The minimum absolute atomic E-state index is 0.159. The molecule has 162 valence electrons. The van der Waals surface area contributed by atoms with Gasteiger partial charge in [-0.3, -0.25) is 4.79 Å². The fourth-order valence-corrected chi connectivity index (χ4v) is 4.48. The van der Waals surface area contributed by atoms with Crippen LogP contribution in [-0.4, -0.2) is 47.8 Å². The molecule has 1 unspecified atom stereocenters. The molecular formula is C23H27N5O3. The van der Waals surface area contributed by atoms with Crippen molar-refractivity contribution in [1.82, 2.24) is 9.97 Å². The topological polar surface area (TPSA) is 103 Å². The van der Waals surface area contributed by atoms with Gasteiger partial charge in [0.15, 0.2) is 5.82 Å². The molecule has 1 aromatic carbocycles. The average Bonchev–Trinajstić information content (AvgIpc) is 3.59. The number of morpholine rings is 1. The molecule has 3 heterocycles. The van der Waals surface area contributed by atoms with Crippen LogP contribution in [0.25, 0.3) is 5.57 Å². The molecule has 1 atom stereocenters. The van der Waals surface area contributed by atoms with Gasteiger partial charge in [-0.15, -0.1) is 0 Å². The summed E-state index contributed by atoms with van der Waals surface area (Å²) in [5.74, 6) is 1.47. The first-order valence-corrected chi connectivity index (χ1v) is 10.8. The van der Waals surface area contributed by atoms with Crippen LogP contribution in [0, 0.1) is 5.92 Å². The second-order valence-corrected chi connectivity index (χ2v) is 8.55. The van der Waals surface area contributed by atoms with Crippen LogP contribution in [-0.2, 0) is 16.0 Å². The zero-order valence-corrected chi connectivity index (χ0v) is 17.6. The zero-order chi connectivity index (χ0) is 21.4. The fourth-order valence-electron chi connectivity index (χ4n) is 4.48. The molecule has 0 bridgehead atoms. The summed E-state index contributed by atoms with van der Waals surface area (Å²) in [7, 11) is 0. The van der Waals surface area contributed by atoms with Crippen molar-refractivity contribution >= 4 is 22.9 Å². The molecule has 3 N–H and O–H groups in total. The van der Waals surface area contributed by atoms with Crippen molar-refractivity contribution < 1.29 is 14.3 Å². The summed E-state index contributed by atoms with van der Waals surface area (Å²) in [5.41, 5.74) is 8.62. The monoisotopic (exact) mass is 421 g/mol. The molecule has 8 nitrogen and oxygen atoms in total. The van der Waals surface area contributed by atoms with Gasteiger partial charge in [-0.1, -0.05) is 0 Å². The molecule has 0 radical (unpaired) electrons. The highest BCUT2D eigenvalue weighted by atomic mass is 16.5. The lowest BCUT2D eigenvalue weighted by atomic mass is 9.94. The molecular weight excluding hydrogens is 394 g/mol. The number of carbonyl (C=O) groups excluding carboxylic acids is 1. The lowest BCUT2D eigenvalue weighted by Crippen LogP contribution is -2.37. The van der Waals surface area contributed by atoms with Crippen LogP contribution in [0.3, 0.4) is 0 Å². The van der Waals surface area contributed by atoms with Crippen molar-refractivity contribution in [2.24, 2.45) is 11.7 Å². The smallest absolute Gasteiger partial charge is 0.261 e. The Bertz CT molecular complexity index is 1020. The van der Waals surface area contributed by atoms with E-state index in [1.807, 2.05) is 6.07 Å². The van der Waals surface area contributed by atoms with Crippen LogP contribution >= 0.6 is 0 Å². The number of anilines is 2. The Morgan fingerprint density at radius 3 is 2.68 bits per heavy atom. The Labute approximate surface area is 181 Å². The SMILES string of the molecule is CC1(C2CC2)Cc2cc(NC(=O)/C(=C/N)c3ncccn3)c(N3CCOCC3)cc2O1. The summed E-state index contributed by atoms with van der Waals surface area (Å²) in [4.78, 5) is 23.7. The van der Waals surface area contributed by atoms with Crippen LogP contribution < -0.4 is 20.7 Å². The van der Waals surface area contributed by atoms with Gasteiger partial charge in [0, 0.05) is 49.7 Å². The van der Waals surface area contributed by atoms with Gasteiger partial charge in [0.25, 0.3) is 5.91 Å². The molecule has 1 aromatic heterocycles. The average molecular weight is 422 g/mol. The minimum atomic E-state index is -0.341. The first kappa shape index (κ1) is 19.8. The standard InChI is InChI=1S/C23H27N5O3/c1-23(16-3-4-16)13-15-11-18(19(12-20(15)31-23)28-7-9-30-10-8-28)27-22(29)17(14-24)21-25-5-2-6-26-21/h2,5-6,11-12,14,16H,3-4,7-10,13,24H2,1H3,(H,27,29)/b17-14+. The van der Waals surface area contributed by atoms with Crippen molar-refractivity contribution in [1.29, 1.82) is 0 Å². The molecule has 8 heteroatoms. The second-order valence-electron chi connectivity index (χ2n) is 8.55. The summed E-state index contributed by atoms with van der Waals surface area (Å²) in [6, 6.07) is 5.81. The summed E-state index contributed by atoms with van der Waals surface area (Å²) in [5, 5.41) is 3.05. The Kier molecular flexibility index (Phi) is 5.02. The normalized spacial score (nSPS) is 23.3. The molecule has 5 rings (SSSR count). The number of hydrogen-bond donors (Lipinski definition) is 2. The van der Waals surface area contributed by atoms with Gasteiger partial charge >= 0.3 is 0 Å². The number of hydrogen-bond acceptors (Lipinski definition) is 7.